The smallest absolute Gasteiger partial charge is 0.416 e. The first-order chi connectivity index (χ1) is 35.1. The number of aromatic nitrogens is 1. The second kappa shape index (κ2) is 20.7. The van der Waals surface area contributed by atoms with Crippen molar-refractivity contribution in [3.05, 3.63) is 190 Å². The van der Waals surface area contributed by atoms with Gasteiger partial charge in [-0.25, -0.2) is 0 Å². The molecule has 0 aliphatic carbocycles. The van der Waals surface area contributed by atoms with Crippen molar-refractivity contribution in [1.29, 1.82) is 0 Å². The Hall–Kier alpha value is -7.13. The number of aliphatic hydroxyl groups excluding tert-OH is 1. The van der Waals surface area contributed by atoms with Crippen LogP contribution in [0.2, 0.25) is 0 Å². The summed E-state index contributed by atoms with van der Waals surface area (Å²) in [5.41, 5.74) is -27.9. The number of nitrogens with zero attached hydrogens (tertiary/aromatic N) is 1. The molecule has 0 bridgehead atoms. The molecule has 1 heterocycles. The lowest BCUT2D eigenvalue weighted by molar-refractivity contribution is -0.668. The van der Waals surface area contributed by atoms with Gasteiger partial charge in [-0.3, -0.25) is 0 Å². The summed E-state index contributed by atoms with van der Waals surface area (Å²) in [7, 11) is 0. The van der Waals surface area contributed by atoms with E-state index in [0.717, 1.165) is 10.9 Å². The van der Waals surface area contributed by atoms with Gasteiger partial charge in [0, 0.05) is 17.0 Å². The van der Waals surface area contributed by atoms with Gasteiger partial charge < -0.3 is 9.84 Å². The van der Waals surface area contributed by atoms with E-state index >= 15 is 0 Å². The Morgan fingerprint density at radius 1 is 0.338 bits per heavy atom. The van der Waals surface area contributed by atoms with E-state index < -0.39 is 195 Å². The normalized spacial score (nSPS) is 13.4. The largest absolute Gasteiger partial charge is 0.417 e. The van der Waals surface area contributed by atoms with Crippen molar-refractivity contribution in [2.75, 3.05) is 6.79 Å². The molecule has 1 N–H and O–H groups in total. The van der Waals surface area contributed by atoms with Crippen LogP contribution in [0.4, 0.5) is 105 Å². The van der Waals surface area contributed by atoms with Crippen LogP contribution in [0.3, 0.4) is 0 Å². The average molecular weight is 1130 g/mol. The second-order valence-corrected chi connectivity index (χ2v) is 16.8. The first-order valence-corrected chi connectivity index (χ1v) is 21.2. The first-order valence-electron chi connectivity index (χ1n) is 21.2. The van der Waals surface area contributed by atoms with Gasteiger partial charge in [0.25, 0.3) is 0 Å². The summed E-state index contributed by atoms with van der Waals surface area (Å²) in [4.78, 5) is 0. The van der Waals surface area contributed by atoms with Gasteiger partial charge in [0.05, 0.1) is 50.6 Å². The number of para-hydroxylation sites is 1. The number of aliphatic hydroxyl groups is 1. The maximum Gasteiger partial charge on any atom is 0.416 e. The van der Waals surface area contributed by atoms with Crippen molar-refractivity contribution < 1.29 is 120 Å². The zero-order valence-electron chi connectivity index (χ0n) is 37.6. The zero-order chi connectivity index (χ0) is 57.7. The van der Waals surface area contributed by atoms with Crippen LogP contribution in [0.25, 0.3) is 10.9 Å². The van der Waals surface area contributed by atoms with E-state index in [1.165, 1.54) is 5.56 Å². The van der Waals surface area contributed by atoms with Gasteiger partial charge in [-0.15, -0.1) is 0 Å². The number of ether oxygens (including phenoxy) is 1. The molecule has 412 valence electrons. The predicted octanol–water partition coefficient (Wildman–Crippen LogP) is 13.7. The Bertz CT molecular complexity index is 2800. The van der Waals surface area contributed by atoms with Crippen LogP contribution in [0.15, 0.2) is 140 Å². The van der Waals surface area contributed by atoms with Crippen molar-refractivity contribution in [3.63, 3.8) is 0 Å². The molecule has 3 nitrogen and oxygen atoms in total. The van der Waals surface area contributed by atoms with E-state index in [1.54, 1.807) is 0 Å². The molecule has 0 fully saturated rings. The average Bonchev–Trinajstić information content (AvgIpc) is 3.30. The molecule has 0 aliphatic rings. The van der Waals surface area contributed by atoms with E-state index in [9.17, 15) is 105 Å². The number of hydrogen-bond acceptors (Lipinski definition) is 2. The molecule has 1 aromatic heterocycles. The molecule has 0 aliphatic heterocycles. The van der Waals surface area contributed by atoms with Crippen LogP contribution in [0.5, 0.6) is 5.88 Å². The Kier molecular flexibility index (Phi) is 15.9. The van der Waals surface area contributed by atoms with Crippen molar-refractivity contribution in [2.45, 2.75) is 56.0 Å². The third-order valence-corrected chi connectivity index (χ3v) is 11.7. The predicted molar refractivity (Wildman–Crippen MR) is 227 cm³/mol. The maximum absolute atomic E-state index is 14.2. The molecule has 0 amide bonds. The standard InChI is InChI=1S/C32H12BF24.C17H16NO2/c34-25(35,36)13-1-14(26(37,38)39)6-21(5-13)33(22-7-15(27(40,41)42)2-16(8-22)28(43,44)45,23-9-17(29(46,47)48)3-18(10-23)30(49,50)51)24-11-19(31(52,53)54)4-20(12-24)32(55,56)57;19-13-20-17-11-10-15-8-4-5-9-16(15)18(17)12-14-6-2-1-3-7-14/h1-12H;1-11,19H,12-13H2/q-1;+1. The SMILES string of the molecule is FC(F)(F)c1cc([B-](c2cc(C(F)(F)F)cc(C(F)(F)F)c2)(c2cc(C(F)(F)F)cc(C(F)(F)F)c2)c2cc(C(F)(F)F)cc(C(F)(F)F)c2)cc(C(F)(F)F)c1.OCOc1ccc2ccccc2[n+]1Cc1ccccc1. The highest BCUT2D eigenvalue weighted by molar-refractivity contribution is 7.20. The molecule has 77 heavy (non-hydrogen) atoms. The van der Waals surface area contributed by atoms with Gasteiger partial charge in [0.15, 0.2) is 13.3 Å². The molecular formula is C49H28BF24NO2. The highest BCUT2D eigenvalue weighted by Crippen LogP contribution is 2.41. The number of hydrogen-bond donors (Lipinski definition) is 1. The molecule has 0 saturated carbocycles. The van der Waals surface area contributed by atoms with Gasteiger partial charge in [-0.2, -0.15) is 132 Å². The molecule has 0 unspecified atom stereocenters. The van der Waals surface area contributed by atoms with Crippen LogP contribution in [0.1, 0.15) is 50.1 Å². The maximum atomic E-state index is 14.2. The lowest BCUT2D eigenvalue weighted by atomic mass is 9.12. The fraction of sp³-hybridized carbons (Fsp3) is 0.204. The van der Waals surface area contributed by atoms with Crippen molar-refractivity contribution in [2.24, 2.45) is 0 Å². The third-order valence-electron chi connectivity index (χ3n) is 11.7. The molecule has 0 spiro atoms. The lowest BCUT2D eigenvalue weighted by Gasteiger charge is -2.46. The summed E-state index contributed by atoms with van der Waals surface area (Å²) in [6.07, 6.45) is -54.8. The van der Waals surface area contributed by atoms with Gasteiger partial charge in [-0.1, -0.05) is 91.0 Å². The summed E-state index contributed by atoms with van der Waals surface area (Å²) in [6.45, 7) is 0.380. The van der Waals surface area contributed by atoms with Crippen LogP contribution in [-0.4, -0.2) is 18.0 Å². The Balaban J connectivity index is 0.000000397. The number of fused-ring (bicyclic) bond motifs is 1. The number of benzene rings is 6. The highest BCUT2D eigenvalue weighted by atomic mass is 19.4. The fourth-order valence-corrected chi connectivity index (χ4v) is 8.44. The Labute approximate surface area is 416 Å². The fourth-order valence-electron chi connectivity index (χ4n) is 8.44. The Morgan fingerprint density at radius 2 is 0.610 bits per heavy atom. The van der Waals surface area contributed by atoms with Gasteiger partial charge in [-0.05, 0) is 36.4 Å². The van der Waals surface area contributed by atoms with E-state index in [0.29, 0.717) is 12.4 Å². The molecule has 7 aromatic rings. The highest BCUT2D eigenvalue weighted by Gasteiger charge is 2.47. The molecular weight excluding hydrogens is 1100 g/mol. The number of halogens is 24. The Morgan fingerprint density at radius 3 is 0.883 bits per heavy atom. The summed E-state index contributed by atoms with van der Waals surface area (Å²) >= 11 is 0. The molecule has 7 rings (SSSR count). The lowest BCUT2D eigenvalue weighted by Crippen LogP contribution is -2.75. The summed E-state index contributed by atoms with van der Waals surface area (Å²) < 4.78 is 348. The zero-order valence-corrected chi connectivity index (χ0v) is 37.6. The van der Waals surface area contributed by atoms with E-state index in [2.05, 4.69) is 28.8 Å². The van der Waals surface area contributed by atoms with Crippen LogP contribution in [-0.2, 0) is 56.0 Å². The summed E-state index contributed by atoms with van der Waals surface area (Å²) in [5.74, 6) is 0.662. The van der Waals surface area contributed by atoms with E-state index in [1.807, 2.05) is 42.5 Å². The number of alkyl halides is 24. The topological polar surface area (TPSA) is 33.3 Å². The van der Waals surface area contributed by atoms with Crippen molar-refractivity contribution >= 4 is 38.9 Å². The van der Waals surface area contributed by atoms with Crippen molar-refractivity contribution in [3.8, 4) is 5.88 Å². The number of pyridine rings is 1. The molecule has 0 atom stereocenters. The van der Waals surface area contributed by atoms with Crippen LogP contribution < -0.4 is 31.2 Å². The molecule has 28 heteroatoms. The minimum Gasteiger partial charge on any atom is -0.417 e. The molecule has 0 saturated heterocycles. The first kappa shape index (κ1) is 59.1. The second-order valence-electron chi connectivity index (χ2n) is 16.8. The summed E-state index contributed by atoms with van der Waals surface area (Å²) in [5, 5.41) is 10.2. The number of rotatable bonds is 8. The minimum atomic E-state index is -6.13. The van der Waals surface area contributed by atoms with Crippen molar-refractivity contribution in [1.82, 2.24) is 0 Å². The minimum absolute atomic E-state index is 0.326. The summed E-state index contributed by atoms with van der Waals surface area (Å²) in [6, 6.07) is 13.4. The molecule has 0 radical (unpaired) electrons. The molecule has 6 aromatic carbocycles. The van der Waals surface area contributed by atoms with E-state index in [-0.39, 0.29) is 6.79 Å². The van der Waals surface area contributed by atoms with E-state index in [4.69, 9.17) is 9.84 Å². The third kappa shape index (κ3) is 13.4. The van der Waals surface area contributed by atoms with Gasteiger partial charge in [0.2, 0.25) is 5.52 Å². The van der Waals surface area contributed by atoms with Gasteiger partial charge >= 0.3 is 55.3 Å². The monoisotopic (exact) mass is 1130 g/mol. The van der Waals surface area contributed by atoms with Crippen LogP contribution >= 0.6 is 0 Å². The van der Waals surface area contributed by atoms with Crippen LogP contribution in [0, 0.1) is 0 Å². The quantitative estimate of drug-likeness (QED) is 0.0712. The van der Waals surface area contributed by atoms with Gasteiger partial charge in [0.1, 0.15) is 6.15 Å².